The Kier molecular flexibility index (Phi) is 28.2. The number of carbonyl (C=O) groups is 9. The number of carboxylic acid groups (broad SMARTS) is 2. The van der Waals surface area contributed by atoms with Crippen molar-refractivity contribution in [1.29, 1.82) is 0 Å². The smallest absolute Gasteiger partial charge is 0.326 e. The average molecular weight is 1020 g/mol. The van der Waals surface area contributed by atoms with Crippen molar-refractivity contribution in [3.63, 3.8) is 0 Å². The summed E-state index contributed by atoms with van der Waals surface area (Å²) in [5.41, 5.74) is 38.9. The molecule has 72 heavy (non-hydrogen) atoms. The molecule has 1 aromatic rings. The van der Waals surface area contributed by atoms with Crippen LogP contribution in [0, 0.1) is 5.92 Å². The molecule has 0 unspecified atom stereocenters. The number of rotatable bonds is 34. The van der Waals surface area contributed by atoms with Crippen molar-refractivity contribution < 1.29 is 58.5 Å². The van der Waals surface area contributed by atoms with E-state index in [4.69, 9.17) is 40.1 Å². The number of aliphatic imine (C=N–C) groups is 3. The van der Waals surface area contributed by atoms with Crippen LogP contribution in [0.5, 0.6) is 5.75 Å². The van der Waals surface area contributed by atoms with Crippen LogP contribution in [0.3, 0.4) is 0 Å². The second-order valence-corrected chi connectivity index (χ2v) is 17.0. The largest absolute Gasteiger partial charge is 0.508 e. The third kappa shape index (κ3) is 26.7. The molecule has 24 N–H and O–H groups in total. The van der Waals surface area contributed by atoms with Gasteiger partial charge in [0.15, 0.2) is 17.9 Å². The van der Waals surface area contributed by atoms with Gasteiger partial charge in [-0.2, -0.15) is 0 Å². The number of aliphatic carboxylic acids is 2. The number of carbonyl (C=O) groups excluding carboxylic acids is 7. The van der Waals surface area contributed by atoms with E-state index in [1.807, 2.05) is 0 Å². The molecule has 0 spiro atoms. The van der Waals surface area contributed by atoms with E-state index in [-0.39, 0.29) is 94.1 Å². The van der Waals surface area contributed by atoms with Crippen LogP contribution in [-0.2, 0) is 49.6 Å². The van der Waals surface area contributed by atoms with Crippen LogP contribution in [0.2, 0.25) is 0 Å². The number of guanidine groups is 3. The maximum absolute atomic E-state index is 14.0. The van der Waals surface area contributed by atoms with Crippen LogP contribution in [0.25, 0.3) is 0 Å². The van der Waals surface area contributed by atoms with Crippen LogP contribution in [0.1, 0.15) is 84.1 Å². The summed E-state index contributed by atoms with van der Waals surface area (Å²) in [6, 6.07) is -3.75. The average Bonchev–Trinajstić information content (AvgIpc) is 3.29. The molecule has 1 aromatic carbocycles. The second-order valence-electron chi connectivity index (χ2n) is 17.0. The van der Waals surface area contributed by atoms with E-state index >= 15 is 0 Å². The van der Waals surface area contributed by atoms with E-state index in [1.165, 1.54) is 31.2 Å². The molecule has 0 aromatic heterocycles. The first-order chi connectivity index (χ1) is 33.8. The van der Waals surface area contributed by atoms with Crippen molar-refractivity contribution in [3.8, 4) is 5.75 Å². The summed E-state index contributed by atoms with van der Waals surface area (Å²) in [5.74, 6) is -9.66. The number of phenolic OH excluding ortho intramolecular Hbond substituents is 1. The van der Waals surface area contributed by atoms with Crippen LogP contribution >= 0.6 is 0 Å². The van der Waals surface area contributed by atoms with Gasteiger partial charge in [-0.1, -0.05) is 26.0 Å². The van der Waals surface area contributed by atoms with E-state index < -0.39 is 115 Å². The van der Waals surface area contributed by atoms with Gasteiger partial charge in [-0.15, -0.1) is 0 Å². The molecular weight excluding hydrogens is 947 g/mol. The minimum Gasteiger partial charge on any atom is -0.508 e. The van der Waals surface area contributed by atoms with Gasteiger partial charge in [-0.05, 0) is 81.9 Å². The highest BCUT2D eigenvalue weighted by Crippen LogP contribution is 2.12. The number of hydrogen-bond acceptors (Lipinski definition) is 14. The van der Waals surface area contributed by atoms with E-state index in [0.717, 1.165) is 0 Å². The zero-order valence-electron chi connectivity index (χ0n) is 40.7. The van der Waals surface area contributed by atoms with Gasteiger partial charge in [0.25, 0.3) is 0 Å². The Morgan fingerprint density at radius 2 is 0.986 bits per heavy atom. The van der Waals surface area contributed by atoms with Crippen molar-refractivity contribution >= 4 is 71.2 Å². The minimum absolute atomic E-state index is 0.00538. The predicted octanol–water partition coefficient (Wildman–Crippen LogP) is -5.54. The lowest BCUT2D eigenvalue weighted by Crippen LogP contribution is -2.59. The lowest BCUT2D eigenvalue weighted by atomic mass is 10.0. The lowest BCUT2D eigenvalue weighted by molar-refractivity contribution is -0.141. The van der Waals surface area contributed by atoms with Gasteiger partial charge in [0.05, 0.1) is 12.6 Å². The number of nitrogens with one attached hydrogen (secondary N) is 7. The van der Waals surface area contributed by atoms with Crippen molar-refractivity contribution in [1.82, 2.24) is 37.2 Å². The zero-order chi connectivity index (χ0) is 54.5. The molecule has 0 aliphatic carbocycles. The fraction of sp³-hybridized carbons (Fsp3) is 0.581. The number of benzene rings is 1. The summed E-state index contributed by atoms with van der Waals surface area (Å²) in [6.45, 7) is 4.37. The molecule has 29 heteroatoms. The van der Waals surface area contributed by atoms with Gasteiger partial charge in [0.2, 0.25) is 41.4 Å². The molecule has 0 heterocycles. The third-order valence-corrected chi connectivity index (χ3v) is 10.3. The van der Waals surface area contributed by atoms with Gasteiger partial charge in [-0.3, -0.25) is 53.3 Å². The number of hydrogen-bond donors (Lipinski definition) is 17. The Morgan fingerprint density at radius 1 is 0.542 bits per heavy atom. The van der Waals surface area contributed by atoms with Crippen molar-refractivity contribution in [2.75, 3.05) is 26.2 Å². The van der Waals surface area contributed by atoms with E-state index in [0.29, 0.717) is 12.0 Å². The summed E-state index contributed by atoms with van der Waals surface area (Å²) in [7, 11) is 0. The van der Waals surface area contributed by atoms with Crippen LogP contribution < -0.4 is 77.4 Å². The lowest BCUT2D eigenvalue weighted by Gasteiger charge is -2.27. The summed E-state index contributed by atoms with van der Waals surface area (Å²) in [6.07, 6.45) is -0.527. The topological polar surface area (TPSA) is 518 Å². The monoisotopic (exact) mass is 1020 g/mol. The molecular formula is C43H73N17O12. The Hall–Kier alpha value is -7.98. The van der Waals surface area contributed by atoms with Gasteiger partial charge >= 0.3 is 11.9 Å². The number of nitrogens with two attached hydrogens (primary N) is 7. The first-order valence-electron chi connectivity index (χ1n) is 23.0. The molecule has 402 valence electrons. The summed E-state index contributed by atoms with van der Waals surface area (Å²) < 4.78 is 0. The maximum Gasteiger partial charge on any atom is 0.326 e. The van der Waals surface area contributed by atoms with Gasteiger partial charge in [0.1, 0.15) is 42.0 Å². The van der Waals surface area contributed by atoms with Crippen LogP contribution in [0.4, 0.5) is 0 Å². The van der Waals surface area contributed by atoms with Gasteiger partial charge in [0, 0.05) is 32.5 Å². The standard InChI is InChI=1S/C43H73N17O12/c1-22(2)19-30(60-34(65)23(3)55-37(68)27(8-5-17-52-42(47)48)57-35(66)26(44)7-4-16-51-41(45)46)39(70)58-28(9-6-18-53-43(49)50)38(69)59-29(14-15-33(63)64)36(67)54-21-32(62)56-31(40(71)72)20-24-10-12-25(61)13-11-24/h10-13,22-23,26-31,61H,4-9,14-21,44H2,1-3H3,(H,54,67)(H,55,68)(H,56,62)(H,57,66)(H,58,70)(H,59,69)(H,60,65)(H,63,64)(H,71,72)(H4,45,46,51)(H4,47,48,52)(H4,49,50,53)/t23-,26-,27-,28-,29-,30-,31-/m0/s1. The Balaban J connectivity index is 3.26. The number of aromatic hydroxyl groups is 1. The second kappa shape index (κ2) is 32.8. The molecule has 29 nitrogen and oxygen atoms in total. The van der Waals surface area contributed by atoms with Crippen molar-refractivity contribution in [2.45, 2.75) is 127 Å². The molecule has 0 aliphatic rings. The Labute approximate surface area is 416 Å². The molecule has 0 radical (unpaired) electrons. The van der Waals surface area contributed by atoms with E-state index in [9.17, 15) is 58.5 Å². The highest BCUT2D eigenvalue weighted by Gasteiger charge is 2.33. The zero-order valence-corrected chi connectivity index (χ0v) is 40.7. The summed E-state index contributed by atoms with van der Waals surface area (Å²) in [5, 5.41) is 45.8. The quantitative estimate of drug-likeness (QED) is 0.0174. The fourth-order valence-electron chi connectivity index (χ4n) is 6.54. The SMILES string of the molecule is CC(C)C[C@H](NC(=O)[C@H](C)NC(=O)[C@H](CCCN=C(N)N)NC(=O)[C@@H](N)CCCN=C(N)N)C(=O)N[C@@H](CCCN=C(N)N)C(=O)N[C@@H](CCC(=O)O)C(=O)NCC(=O)N[C@@H](Cc1ccc(O)cc1)C(=O)O. The summed E-state index contributed by atoms with van der Waals surface area (Å²) >= 11 is 0. The first-order valence-corrected chi connectivity index (χ1v) is 23.0. The predicted molar refractivity (Wildman–Crippen MR) is 264 cm³/mol. The fourth-order valence-corrected chi connectivity index (χ4v) is 6.54. The molecule has 0 aliphatic heterocycles. The van der Waals surface area contributed by atoms with Gasteiger partial charge in [-0.25, -0.2) is 4.79 Å². The number of carboxylic acids is 2. The van der Waals surface area contributed by atoms with Crippen LogP contribution in [0.15, 0.2) is 39.2 Å². The van der Waals surface area contributed by atoms with Crippen LogP contribution in [-0.4, -0.2) is 155 Å². The van der Waals surface area contributed by atoms with Crippen molar-refractivity contribution in [2.24, 2.45) is 61.0 Å². The molecule has 7 amide bonds. The molecule has 0 saturated heterocycles. The Morgan fingerprint density at radius 3 is 1.46 bits per heavy atom. The first kappa shape index (κ1) is 62.0. The molecule has 0 fully saturated rings. The molecule has 0 saturated carbocycles. The highest BCUT2D eigenvalue weighted by molar-refractivity contribution is 5.97. The highest BCUT2D eigenvalue weighted by atomic mass is 16.4. The molecule has 7 atom stereocenters. The number of phenols is 1. The third-order valence-electron chi connectivity index (χ3n) is 10.3. The number of amides is 7. The van der Waals surface area contributed by atoms with E-state index in [2.05, 4.69) is 52.2 Å². The summed E-state index contributed by atoms with van der Waals surface area (Å²) in [4.78, 5) is 129. The minimum atomic E-state index is -1.59. The molecule has 0 bridgehead atoms. The Bertz CT molecular complexity index is 2070. The molecule has 1 rings (SSSR count). The normalized spacial score (nSPS) is 13.7. The van der Waals surface area contributed by atoms with Crippen molar-refractivity contribution in [3.05, 3.63) is 29.8 Å². The van der Waals surface area contributed by atoms with Gasteiger partial charge < -0.3 is 92.7 Å². The number of nitrogens with zero attached hydrogens (tertiary/aromatic N) is 3. The van der Waals surface area contributed by atoms with E-state index in [1.54, 1.807) is 13.8 Å². The maximum atomic E-state index is 14.0.